The third-order valence-electron chi connectivity index (χ3n) is 4.48. The van der Waals surface area contributed by atoms with Gasteiger partial charge in [-0.05, 0) is 30.4 Å². The number of hydrogen-bond acceptors (Lipinski definition) is 2. The molecule has 2 heteroatoms. The van der Waals surface area contributed by atoms with Crippen molar-refractivity contribution >= 4 is 0 Å². The summed E-state index contributed by atoms with van der Waals surface area (Å²) in [5.41, 5.74) is 2.14. The molecule has 1 aliphatic rings. The van der Waals surface area contributed by atoms with Gasteiger partial charge in [-0.2, -0.15) is 5.26 Å². The number of hydrogen-bond donors (Lipinski definition) is 0. The number of benzene rings is 1. The van der Waals surface area contributed by atoms with Gasteiger partial charge in [-0.3, -0.25) is 0 Å². The second kappa shape index (κ2) is 4.35. The maximum atomic E-state index is 9.43. The van der Waals surface area contributed by atoms with Gasteiger partial charge in [0.15, 0.2) is 0 Å². The van der Waals surface area contributed by atoms with E-state index in [9.17, 15) is 5.26 Å². The molecule has 1 fully saturated rings. The molecule has 0 unspecified atom stereocenters. The van der Waals surface area contributed by atoms with Crippen LogP contribution in [-0.4, -0.2) is 13.2 Å². The smallest absolute Gasteiger partial charge is 0.0695 e. The Hall–Kier alpha value is -1.33. The summed E-state index contributed by atoms with van der Waals surface area (Å²) in [7, 11) is 0. The molecular weight excluding hydrogens is 234 g/mol. The van der Waals surface area contributed by atoms with Crippen molar-refractivity contribution in [3.05, 3.63) is 35.4 Å². The van der Waals surface area contributed by atoms with Crippen molar-refractivity contribution in [2.24, 2.45) is 5.41 Å². The summed E-state index contributed by atoms with van der Waals surface area (Å²) in [6.45, 7) is 11.9. The van der Waals surface area contributed by atoms with Crippen LogP contribution < -0.4 is 0 Å². The third-order valence-corrected chi connectivity index (χ3v) is 4.48. The minimum Gasteiger partial charge on any atom is -0.379 e. The van der Waals surface area contributed by atoms with Gasteiger partial charge >= 0.3 is 0 Å². The normalized spacial score (nSPS) is 18.5. The van der Waals surface area contributed by atoms with Crippen molar-refractivity contribution in [3.8, 4) is 6.07 Å². The van der Waals surface area contributed by atoms with Crippen molar-refractivity contribution in [3.63, 3.8) is 0 Å². The Labute approximate surface area is 116 Å². The van der Waals surface area contributed by atoms with E-state index in [1.165, 1.54) is 11.1 Å². The first-order chi connectivity index (χ1) is 8.73. The van der Waals surface area contributed by atoms with Crippen LogP contribution in [0.15, 0.2) is 24.3 Å². The van der Waals surface area contributed by atoms with E-state index in [4.69, 9.17) is 4.74 Å². The van der Waals surface area contributed by atoms with Gasteiger partial charge in [0, 0.05) is 0 Å². The Morgan fingerprint density at radius 2 is 1.58 bits per heavy atom. The maximum absolute atomic E-state index is 9.43. The summed E-state index contributed by atoms with van der Waals surface area (Å²) in [4.78, 5) is 0. The molecule has 1 heterocycles. The monoisotopic (exact) mass is 257 g/mol. The first-order valence-corrected chi connectivity index (χ1v) is 6.83. The molecule has 2 nitrogen and oxygen atoms in total. The van der Waals surface area contributed by atoms with Crippen molar-refractivity contribution in [2.75, 3.05) is 13.2 Å². The molecule has 2 rings (SSSR count). The van der Waals surface area contributed by atoms with Gasteiger partial charge in [0.25, 0.3) is 0 Å². The Balaban J connectivity index is 2.39. The van der Waals surface area contributed by atoms with E-state index in [-0.39, 0.29) is 10.8 Å². The molecule has 1 aromatic rings. The summed E-state index contributed by atoms with van der Waals surface area (Å²) in [6.07, 6.45) is 0. The van der Waals surface area contributed by atoms with Crippen LogP contribution in [0.1, 0.15) is 45.7 Å². The van der Waals surface area contributed by atoms with Gasteiger partial charge in [-0.1, -0.05) is 45.0 Å². The molecule has 0 aliphatic carbocycles. The van der Waals surface area contributed by atoms with Crippen LogP contribution in [0, 0.1) is 16.7 Å². The summed E-state index contributed by atoms with van der Waals surface area (Å²) >= 11 is 0. The summed E-state index contributed by atoms with van der Waals surface area (Å²) < 4.78 is 5.43. The van der Waals surface area contributed by atoms with Crippen LogP contribution in [0.2, 0.25) is 0 Å². The van der Waals surface area contributed by atoms with Gasteiger partial charge in [0.1, 0.15) is 0 Å². The van der Waals surface area contributed by atoms with Gasteiger partial charge in [-0.15, -0.1) is 0 Å². The first kappa shape index (κ1) is 14.1. The molecule has 0 aromatic heterocycles. The Morgan fingerprint density at radius 1 is 1.05 bits per heavy atom. The Bertz CT molecular complexity index is 496. The van der Waals surface area contributed by atoms with Gasteiger partial charge in [0.2, 0.25) is 0 Å². The van der Waals surface area contributed by atoms with E-state index in [0.29, 0.717) is 13.2 Å². The average molecular weight is 257 g/mol. The lowest BCUT2D eigenvalue weighted by molar-refractivity contribution is -0.102. The van der Waals surface area contributed by atoms with E-state index in [2.05, 4.69) is 51.1 Å². The third kappa shape index (κ3) is 2.17. The van der Waals surface area contributed by atoms with E-state index in [1.54, 1.807) is 0 Å². The second-order valence-electron chi connectivity index (χ2n) is 7.14. The van der Waals surface area contributed by atoms with Crippen LogP contribution in [0.4, 0.5) is 0 Å². The predicted molar refractivity (Wildman–Crippen MR) is 77.0 cm³/mol. The zero-order chi connectivity index (χ0) is 14.3. The molecule has 0 spiro atoms. The van der Waals surface area contributed by atoms with E-state index >= 15 is 0 Å². The van der Waals surface area contributed by atoms with Gasteiger partial charge in [-0.25, -0.2) is 0 Å². The molecule has 1 saturated heterocycles. The molecule has 0 saturated carbocycles. The maximum Gasteiger partial charge on any atom is 0.0695 e. The van der Waals surface area contributed by atoms with Crippen LogP contribution in [0.5, 0.6) is 0 Å². The summed E-state index contributed by atoms with van der Waals surface area (Å²) in [5.74, 6) is 0. The second-order valence-corrected chi connectivity index (χ2v) is 7.14. The average Bonchev–Trinajstić information content (AvgIpc) is 2.26. The SMILES string of the molecule is CC(C)(C)c1ccc(C2(C(C)(C)C#N)COC2)cc1. The van der Waals surface area contributed by atoms with Crippen LogP contribution in [-0.2, 0) is 15.6 Å². The van der Waals surface area contributed by atoms with Crippen LogP contribution >= 0.6 is 0 Å². The molecule has 0 amide bonds. The molecular formula is C17H23NO. The fraction of sp³-hybridized carbons (Fsp3) is 0.588. The topological polar surface area (TPSA) is 33.0 Å². The van der Waals surface area contributed by atoms with Gasteiger partial charge in [0.05, 0.1) is 30.1 Å². The number of ether oxygens (including phenoxy) is 1. The molecule has 0 bridgehead atoms. The number of nitriles is 1. The van der Waals surface area contributed by atoms with Crippen molar-refractivity contribution in [1.29, 1.82) is 5.26 Å². The molecule has 0 atom stereocenters. The number of rotatable bonds is 2. The lowest BCUT2D eigenvalue weighted by atomic mass is 9.61. The predicted octanol–water partition coefficient (Wildman–Crippen LogP) is 3.80. The summed E-state index contributed by atoms with van der Waals surface area (Å²) in [6, 6.07) is 11.2. The van der Waals surface area contributed by atoms with Crippen molar-refractivity contribution in [2.45, 2.75) is 45.4 Å². The largest absolute Gasteiger partial charge is 0.379 e. The minimum absolute atomic E-state index is 0.155. The van der Waals surface area contributed by atoms with Crippen molar-refractivity contribution in [1.82, 2.24) is 0 Å². The fourth-order valence-electron chi connectivity index (χ4n) is 2.59. The highest BCUT2D eigenvalue weighted by Gasteiger charge is 2.52. The lowest BCUT2D eigenvalue weighted by Crippen LogP contribution is -2.56. The zero-order valence-corrected chi connectivity index (χ0v) is 12.6. The van der Waals surface area contributed by atoms with E-state index in [0.717, 1.165) is 0 Å². The highest BCUT2D eigenvalue weighted by molar-refractivity contribution is 5.37. The fourth-order valence-corrected chi connectivity index (χ4v) is 2.59. The van der Waals surface area contributed by atoms with E-state index in [1.807, 2.05) is 13.8 Å². The highest BCUT2D eigenvalue weighted by atomic mass is 16.5. The lowest BCUT2D eigenvalue weighted by Gasteiger charge is -2.49. The number of nitrogens with zero attached hydrogens (tertiary/aromatic N) is 1. The summed E-state index contributed by atoms with van der Waals surface area (Å²) in [5, 5.41) is 9.43. The molecule has 1 aliphatic heterocycles. The Morgan fingerprint density at radius 3 is 1.89 bits per heavy atom. The highest BCUT2D eigenvalue weighted by Crippen LogP contribution is 2.47. The standard InChI is InChI=1S/C17H23NO/c1-15(2,3)13-6-8-14(9-7-13)17(11-19-12-17)16(4,5)10-18/h6-9H,11-12H2,1-5H3. The molecule has 1 aromatic carbocycles. The molecule has 0 N–H and O–H groups in total. The molecule has 0 radical (unpaired) electrons. The Kier molecular flexibility index (Phi) is 3.23. The minimum atomic E-state index is -0.408. The molecule has 19 heavy (non-hydrogen) atoms. The van der Waals surface area contributed by atoms with Crippen LogP contribution in [0.25, 0.3) is 0 Å². The first-order valence-electron chi connectivity index (χ1n) is 6.83. The molecule has 102 valence electrons. The van der Waals surface area contributed by atoms with Gasteiger partial charge < -0.3 is 4.74 Å². The van der Waals surface area contributed by atoms with Crippen molar-refractivity contribution < 1.29 is 4.74 Å². The van der Waals surface area contributed by atoms with Crippen LogP contribution in [0.3, 0.4) is 0 Å². The van der Waals surface area contributed by atoms with E-state index < -0.39 is 5.41 Å². The quantitative estimate of drug-likeness (QED) is 0.807. The zero-order valence-electron chi connectivity index (χ0n) is 12.6.